The van der Waals surface area contributed by atoms with E-state index in [1.54, 1.807) is 66.3 Å². The van der Waals surface area contributed by atoms with E-state index < -0.39 is 23.5 Å². The first kappa shape index (κ1) is 23.9. The van der Waals surface area contributed by atoms with Gasteiger partial charge in [0.05, 0.1) is 5.56 Å². The Morgan fingerprint density at radius 2 is 1.89 bits per heavy atom. The highest BCUT2D eigenvalue weighted by Crippen LogP contribution is 2.43. The number of para-hydroxylation sites is 1. The summed E-state index contributed by atoms with van der Waals surface area (Å²) < 4.78 is 63.0. The summed E-state index contributed by atoms with van der Waals surface area (Å²) in [5.74, 6) is -1.55. The minimum Gasteiger partial charge on any atom is -0.423 e. The van der Waals surface area contributed by atoms with Gasteiger partial charge in [-0.3, -0.25) is 0 Å². The van der Waals surface area contributed by atoms with Crippen LogP contribution in [0.5, 0.6) is 5.75 Å². The highest BCUT2D eigenvalue weighted by atomic mass is 19.4. The van der Waals surface area contributed by atoms with Crippen LogP contribution in [0.3, 0.4) is 0 Å². The number of carbonyl (C=O) groups is 1. The van der Waals surface area contributed by atoms with Crippen LogP contribution in [0.2, 0.25) is 0 Å². The first-order valence-corrected chi connectivity index (χ1v) is 10.7. The second kappa shape index (κ2) is 9.58. The lowest BCUT2D eigenvalue weighted by Crippen LogP contribution is -2.11. The number of imidazole rings is 1. The van der Waals surface area contributed by atoms with Crippen LogP contribution in [-0.4, -0.2) is 15.4 Å². The number of carbonyl (C=O) groups excluding carboxylic acids is 1. The molecule has 2 heterocycles. The third-order valence-electron chi connectivity index (χ3n) is 5.48. The number of hydrogen-bond acceptors (Lipinski definition) is 3. The predicted octanol–water partition coefficient (Wildman–Crippen LogP) is 6.95. The van der Waals surface area contributed by atoms with E-state index in [-0.39, 0.29) is 17.7 Å². The van der Waals surface area contributed by atoms with Gasteiger partial charge in [0.1, 0.15) is 17.2 Å². The number of esters is 1. The lowest BCUT2D eigenvalue weighted by Gasteiger charge is -2.21. The molecule has 0 amide bonds. The van der Waals surface area contributed by atoms with E-state index in [4.69, 9.17) is 4.74 Å². The second-order valence-electron chi connectivity index (χ2n) is 7.63. The van der Waals surface area contributed by atoms with Gasteiger partial charge in [0.15, 0.2) is 0 Å². The van der Waals surface area contributed by atoms with Crippen molar-refractivity contribution in [3.05, 3.63) is 114 Å². The molecule has 35 heavy (non-hydrogen) atoms. The van der Waals surface area contributed by atoms with Crippen molar-refractivity contribution in [2.75, 3.05) is 0 Å². The third-order valence-corrected chi connectivity index (χ3v) is 5.48. The molecule has 0 saturated carbocycles. The standard InChI is InChI=1S/C27H20F4N2O2/c1-3-19(20-11-10-18(28)15-22(20)27(29,30)31)26(17-9-12-24-32-13-14-33(24)16-17)21-7-5-6-8-23(21)35-25(34)4-2/h4-16H,2-3H2,1H3/b26-19+. The van der Waals surface area contributed by atoms with Gasteiger partial charge in [0, 0.05) is 30.2 Å². The summed E-state index contributed by atoms with van der Waals surface area (Å²) >= 11 is 0. The van der Waals surface area contributed by atoms with Gasteiger partial charge in [0.2, 0.25) is 0 Å². The highest BCUT2D eigenvalue weighted by molar-refractivity contribution is 6.01. The van der Waals surface area contributed by atoms with Gasteiger partial charge in [-0.25, -0.2) is 14.2 Å². The van der Waals surface area contributed by atoms with Gasteiger partial charge in [-0.2, -0.15) is 13.2 Å². The van der Waals surface area contributed by atoms with Crippen LogP contribution in [0, 0.1) is 5.82 Å². The summed E-state index contributed by atoms with van der Waals surface area (Å²) in [6.07, 6.45) is 1.44. The topological polar surface area (TPSA) is 43.6 Å². The lowest BCUT2D eigenvalue weighted by atomic mass is 9.86. The average Bonchev–Trinajstić information content (AvgIpc) is 3.30. The Morgan fingerprint density at radius 1 is 1.11 bits per heavy atom. The van der Waals surface area contributed by atoms with Gasteiger partial charge >= 0.3 is 12.1 Å². The number of fused-ring (bicyclic) bond motifs is 1. The van der Waals surface area contributed by atoms with Gasteiger partial charge < -0.3 is 9.14 Å². The quantitative estimate of drug-likeness (QED) is 0.0986. The molecule has 4 rings (SSSR count). The minimum atomic E-state index is -4.79. The Labute approximate surface area is 198 Å². The monoisotopic (exact) mass is 480 g/mol. The van der Waals surface area contributed by atoms with Crippen LogP contribution in [0.15, 0.2) is 85.8 Å². The van der Waals surface area contributed by atoms with Crippen molar-refractivity contribution in [1.82, 2.24) is 9.38 Å². The second-order valence-corrected chi connectivity index (χ2v) is 7.63. The van der Waals surface area contributed by atoms with Crippen LogP contribution in [0.25, 0.3) is 16.8 Å². The summed E-state index contributed by atoms with van der Waals surface area (Å²) in [4.78, 5) is 16.2. The number of alkyl halides is 3. The molecule has 0 saturated heterocycles. The number of pyridine rings is 1. The third kappa shape index (κ3) is 4.87. The number of aromatic nitrogens is 2. The maximum atomic E-state index is 14.0. The number of nitrogens with zero attached hydrogens (tertiary/aromatic N) is 2. The Morgan fingerprint density at radius 3 is 2.60 bits per heavy atom. The number of allylic oxidation sites excluding steroid dienone is 1. The SMILES string of the molecule is C=CC(=O)Oc1ccccc1/C(=C(\CC)c1ccc(F)cc1C(F)(F)F)c1ccc2nccn2c1. The molecule has 0 aliphatic carbocycles. The predicted molar refractivity (Wildman–Crippen MR) is 125 cm³/mol. The normalized spacial score (nSPS) is 12.4. The Kier molecular flexibility index (Phi) is 6.55. The molecule has 2 aromatic heterocycles. The molecule has 0 bridgehead atoms. The molecule has 0 atom stereocenters. The maximum Gasteiger partial charge on any atom is 0.417 e. The molecule has 0 fully saturated rings. The minimum absolute atomic E-state index is 0.153. The summed E-state index contributed by atoms with van der Waals surface area (Å²) in [5, 5.41) is 0. The molecule has 0 N–H and O–H groups in total. The van der Waals surface area contributed by atoms with Gasteiger partial charge in [-0.05, 0) is 59.0 Å². The largest absolute Gasteiger partial charge is 0.423 e. The van der Waals surface area contributed by atoms with E-state index in [0.29, 0.717) is 34.0 Å². The number of halogens is 4. The molecule has 4 aromatic rings. The molecule has 0 radical (unpaired) electrons. The van der Waals surface area contributed by atoms with Crippen LogP contribution in [0.4, 0.5) is 17.6 Å². The summed E-state index contributed by atoms with van der Waals surface area (Å²) in [7, 11) is 0. The van der Waals surface area contributed by atoms with E-state index >= 15 is 0 Å². The maximum absolute atomic E-state index is 14.0. The number of rotatable bonds is 6. The van der Waals surface area contributed by atoms with E-state index in [9.17, 15) is 22.4 Å². The van der Waals surface area contributed by atoms with E-state index in [1.165, 1.54) is 0 Å². The van der Waals surface area contributed by atoms with Crippen LogP contribution in [-0.2, 0) is 11.0 Å². The fourth-order valence-electron chi connectivity index (χ4n) is 3.99. The Hall–Kier alpha value is -4.20. The number of ether oxygens (including phenoxy) is 1. The van der Waals surface area contributed by atoms with Gasteiger partial charge in [-0.1, -0.05) is 37.8 Å². The molecule has 0 aliphatic heterocycles. The summed E-state index contributed by atoms with van der Waals surface area (Å²) in [5.41, 5.74) is 1.08. The lowest BCUT2D eigenvalue weighted by molar-refractivity contribution is -0.138. The zero-order chi connectivity index (χ0) is 25.2. The molecule has 178 valence electrons. The van der Waals surface area contributed by atoms with Gasteiger partial charge in [-0.15, -0.1) is 0 Å². The van der Waals surface area contributed by atoms with Crippen molar-refractivity contribution in [1.29, 1.82) is 0 Å². The number of benzene rings is 2. The van der Waals surface area contributed by atoms with Gasteiger partial charge in [0.25, 0.3) is 0 Å². The highest BCUT2D eigenvalue weighted by Gasteiger charge is 2.35. The van der Waals surface area contributed by atoms with E-state index in [1.807, 2.05) is 0 Å². The molecule has 4 nitrogen and oxygen atoms in total. The van der Waals surface area contributed by atoms with E-state index in [0.717, 1.165) is 18.2 Å². The Balaban J connectivity index is 2.09. The van der Waals surface area contributed by atoms with Crippen molar-refractivity contribution in [2.45, 2.75) is 19.5 Å². The zero-order valence-electron chi connectivity index (χ0n) is 18.6. The fraction of sp³-hybridized carbons (Fsp3) is 0.111. The van der Waals surface area contributed by atoms with Crippen molar-refractivity contribution >= 4 is 22.8 Å². The van der Waals surface area contributed by atoms with Crippen LogP contribution in [0.1, 0.15) is 35.6 Å². The number of hydrogen-bond donors (Lipinski definition) is 0. The smallest absolute Gasteiger partial charge is 0.417 e. The Bertz CT molecular complexity index is 1450. The molecular weight excluding hydrogens is 460 g/mol. The van der Waals surface area contributed by atoms with Crippen LogP contribution < -0.4 is 4.74 Å². The fourth-order valence-corrected chi connectivity index (χ4v) is 3.99. The molecule has 0 aliphatic rings. The molecule has 8 heteroatoms. The van der Waals surface area contributed by atoms with Crippen molar-refractivity contribution in [2.24, 2.45) is 0 Å². The average molecular weight is 480 g/mol. The van der Waals surface area contributed by atoms with E-state index in [2.05, 4.69) is 11.6 Å². The first-order chi connectivity index (χ1) is 16.7. The molecule has 0 spiro atoms. The molecule has 0 unspecified atom stereocenters. The molecule has 2 aromatic carbocycles. The van der Waals surface area contributed by atoms with Crippen molar-refractivity contribution in [3.8, 4) is 5.75 Å². The summed E-state index contributed by atoms with van der Waals surface area (Å²) in [6.45, 7) is 5.12. The van der Waals surface area contributed by atoms with Crippen LogP contribution >= 0.6 is 0 Å². The zero-order valence-corrected chi connectivity index (χ0v) is 18.6. The first-order valence-electron chi connectivity index (χ1n) is 10.7. The van der Waals surface area contributed by atoms with Crippen molar-refractivity contribution in [3.63, 3.8) is 0 Å². The summed E-state index contributed by atoms with van der Waals surface area (Å²) in [6, 6.07) is 12.6. The van der Waals surface area contributed by atoms with Crippen molar-refractivity contribution < 1.29 is 27.1 Å². The molecular formula is C27H20F4N2O2.